The normalized spacial score (nSPS) is 14.8. The number of likely N-dealkylation sites (tertiary alicyclic amines) is 1. The lowest BCUT2D eigenvalue weighted by molar-refractivity contribution is -0.121. The van der Waals surface area contributed by atoms with E-state index in [0.717, 1.165) is 49.7 Å². The molecule has 3 N–H and O–H groups in total. The maximum atomic E-state index is 11.6. The fraction of sp³-hybridized carbons (Fsp3) is 0.550. The molecule has 0 saturated carbocycles. The molecule has 0 aliphatic carbocycles. The van der Waals surface area contributed by atoms with E-state index in [1.54, 1.807) is 7.05 Å². The van der Waals surface area contributed by atoms with Crippen LogP contribution in [0.5, 0.6) is 0 Å². The van der Waals surface area contributed by atoms with Crippen LogP contribution in [0.3, 0.4) is 0 Å². The first kappa shape index (κ1) is 24.2. The van der Waals surface area contributed by atoms with Crippen LogP contribution in [0.4, 0.5) is 5.69 Å². The van der Waals surface area contributed by atoms with E-state index in [4.69, 9.17) is 4.99 Å². The second kappa shape index (κ2) is 12.6. The van der Waals surface area contributed by atoms with Gasteiger partial charge in [-0.1, -0.05) is 12.1 Å². The molecular formula is C20H32IN5O2. The number of hydrogen-bond donors (Lipinski definition) is 3. The third-order valence-electron chi connectivity index (χ3n) is 4.66. The highest BCUT2D eigenvalue weighted by atomic mass is 127. The number of rotatable bonds is 6. The Hall–Kier alpha value is -1.84. The molecule has 0 spiro atoms. The minimum Gasteiger partial charge on any atom is -0.359 e. The monoisotopic (exact) mass is 501 g/mol. The second-order valence-corrected chi connectivity index (χ2v) is 6.86. The molecule has 1 aromatic carbocycles. The summed E-state index contributed by atoms with van der Waals surface area (Å²) in [6, 6.07) is 7.75. The molecule has 1 saturated heterocycles. The van der Waals surface area contributed by atoms with Crippen molar-refractivity contribution in [1.82, 2.24) is 15.5 Å². The molecule has 1 aliphatic rings. The third-order valence-corrected chi connectivity index (χ3v) is 4.66. The van der Waals surface area contributed by atoms with Gasteiger partial charge in [0.15, 0.2) is 5.96 Å². The fourth-order valence-corrected chi connectivity index (χ4v) is 3.26. The second-order valence-electron chi connectivity index (χ2n) is 6.86. The summed E-state index contributed by atoms with van der Waals surface area (Å²) in [5.74, 6) is 1.39. The van der Waals surface area contributed by atoms with E-state index >= 15 is 0 Å². The van der Waals surface area contributed by atoms with Gasteiger partial charge in [0.2, 0.25) is 11.8 Å². The molecule has 0 atom stereocenters. The molecule has 2 rings (SSSR count). The number of nitrogens with zero attached hydrogens (tertiary/aromatic N) is 2. The van der Waals surface area contributed by atoms with E-state index in [9.17, 15) is 9.59 Å². The minimum atomic E-state index is -0.0800. The molecular weight excluding hydrogens is 469 g/mol. The molecule has 1 aliphatic heterocycles. The highest BCUT2D eigenvalue weighted by Crippen LogP contribution is 2.20. The van der Waals surface area contributed by atoms with Crippen LogP contribution in [0.1, 0.15) is 38.7 Å². The molecule has 0 bridgehead atoms. The van der Waals surface area contributed by atoms with Gasteiger partial charge in [-0.3, -0.25) is 9.59 Å². The third kappa shape index (κ3) is 8.04. The van der Waals surface area contributed by atoms with E-state index < -0.39 is 0 Å². The molecule has 1 heterocycles. The number of hydrogen-bond acceptors (Lipinski definition) is 3. The summed E-state index contributed by atoms with van der Waals surface area (Å²) in [5.41, 5.74) is 1.83. The topological polar surface area (TPSA) is 85.8 Å². The summed E-state index contributed by atoms with van der Waals surface area (Å²) in [6.07, 6.45) is 2.60. The Morgan fingerprint density at radius 3 is 2.57 bits per heavy atom. The maximum Gasteiger partial charge on any atom is 0.221 e. The van der Waals surface area contributed by atoms with Crippen molar-refractivity contribution >= 4 is 47.4 Å². The summed E-state index contributed by atoms with van der Waals surface area (Å²) in [5, 5.41) is 8.87. The van der Waals surface area contributed by atoms with Crippen LogP contribution < -0.4 is 16.0 Å². The smallest absolute Gasteiger partial charge is 0.221 e. The molecule has 28 heavy (non-hydrogen) atoms. The van der Waals surface area contributed by atoms with Gasteiger partial charge in [-0.25, -0.2) is 4.99 Å². The van der Waals surface area contributed by atoms with Crippen molar-refractivity contribution in [2.24, 2.45) is 10.9 Å². The Kier molecular flexibility index (Phi) is 10.9. The van der Waals surface area contributed by atoms with Crippen LogP contribution in [-0.4, -0.2) is 49.4 Å². The van der Waals surface area contributed by atoms with Crippen molar-refractivity contribution in [2.75, 3.05) is 32.0 Å². The lowest BCUT2D eigenvalue weighted by atomic mass is 9.93. The lowest BCUT2D eigenvalue weighted by Gasteiger charge is -2.34. The molecule has 7 nitrogen and oxygen atoms in total. The first-order valence-electron chi connectivity index (χ1n) is 9.62. The number of halogens is 1. The van der Waals surface area contributed by atoms with Crippen LogP contribution in [0.25, 0.3) is 0 Å². The van der Waals surface area contributed by atoms with Crippen molar-refractivity contribution in [3.05, 3.63) is 29.8 Å². The summed E-state index contributed by atoms with van der Waals surface area (Å²) in [7, 11) is 1.69. The summed E-state index contributed by atoms with van der Waals surface area (Å²) in [6.45, 7) is 6.73. The molecule has 1 aromatic rings. The van der Waals surface area contributed by atoms with Gasteiger partial charge in [-0.2, -0.15) is 0 Å². The molecule has 8 heteroatoms. The van der Waals surface area contributed by atoms with Crippen LogP contribution in [0.15, 0.2) is 29.3 Å². The van der Waals surface area contributed by atoms with Crippen LogP contribution in [0.2, 0.25) is 0 Å². The van der Waals surface area contributed by atoms with Crippen LogP contribution >= 0.6 is 24.0 Å². The summed E-state index contributed by atoms with van der Waals surface area (Å²) >= 11 is 0. The van der Waals surface area contributed by atoms with E-state index in [1.807, 2.05) is 24.3 Å². The number of anilines is 1. The Bertz CT molecular complexity index is 672. The summed E-state index contributed by atoms with van der Waals surface area (Å²) in [4.78, 5) is 29.8. The molecule has 1 fully saturated rings. The average Bonchev–Trinajstić information content (AvgIpc) is 2.65. The Balaban J connectivity index is 0.00000392. The van der Waals surface area contributed by atoms with Crippen LogP contribution in [-0.2, 0) is 16.1 Å². The van der Waals surface area contributed by atoms with Crippen LogP contribution in [0, 0.1) is 5.92 Å². The first-order chi connectivity index (χ1) is 13.0. The molecule has 2 amide bonds. The maximum absolute atomic E-state index is 11.6. The van der Waals surface area contributed by atoms with Gasteiger partial charge in [0, 0.05) is 45.7 Å². The van der Waals surface area contributed by atoms with Crippen molar-refractivity contribution in [3.63, 3.8) is 0 Å². The SMILES string of the molecule is CCNC(=NCc1cccc(NC(C)=O)c1)N1CCC(CC(=O)NC)CC1.I. The van der Waals surface area contributed by atoms with E-state index in [0.29, 0.717) is 18.9 Å². The standard InChI is InChI=1S/C20H31N5O2.HI/c1-4-22-20(25-10-8-16(9-11-25)13-19(27)21-3)23-14-17-6-5-7-18(12-17)24-15(2)26;/h5-7,12,16H,4,8-11,13-14H2,1-3H3,(H,21,27)(H,22,23)(H,24,26);1H. The lowest BCUT2D eigenvalue weighted by Crippen LogP contribution is -2.46. The Labute approximate surface area is 184 Å². The average molecular weight is 501 g/mol. The predicted molar refractivity (Wildman–Crippen MR) is 124 cm³/mol. The number of carbonyl (C=O) groups excluding carboxylic acids is 2. The van der Waals surface area contributed by atoms with E-state index in [-0.39, 0.29) is 35.8 Å². The van der Waals surface area contributed by atoms with Crippen molar-refractivity contribution < 1.29 is 9.59 Å². The number of benzene rings is 1. The zero-order valence-corrected chi connectivity index (χ0v) is 19.3. The van der Waals surface area contributed by atoms with Gasteiger partial charge in [-0.05, 0) is 43.4 Å². The number of amides is 2. The van der Waals surface area contributed by atoms with Crippen molar-refractivity contribution in [3.8, 4) is 0 Å². The van der Waals surface area contributed by atoms with Gasteiger partial charge in [0.05, 0.1) is 6.54 Å². The number of nitrogens with one attached hydrogen (secondary N) is 3. The van der Waals surface area contributed by atoms with Crippen molar-refractivity contribution in [1.29, 1.82) is 0 Å². The van der Waals surface area contributed by atoms with Gasteiger partial charge < -0.3 is 20.9 Å². The molecule has 0 radical (unpaired) electrons. The number of guanidine groups is 1. The quantitative estimate of drug-likeness (QED) is 0.318. The summed E-state index contributed by atoms with van der Waals surface area (Å²) < 4.78 is 0. The van der Waals surface area contributed by atoms with Gasteiger partial charge in [0.1, 0.15) is 0 Å². The zero-order chi connectivity index (χ0) is 19.6. The van der Waals surface area contributed by atoms with E-state index in [2.05, 4.69) is 27.8 Å². The highest BCUT2D eigenvalue weighted by Gasteiger charge is 2.23. The minimum absolute atomic E-state index is 0. The number of aliphatic imine (C=N–C) groups is 1. The van der Waals surface area contributed by atoms with Gasteiger partial charge >= 0.3 is 0 Å². The number of carbonyl (C=O) groups is 2. The van der Waals surface area contributed by atoms with Gasteiger partial charge in [0.25, 0.3) is 0 Å². The molecule has 0 aromatic heterocycles. The highest BCUT2D eigenvalue weighted by molar-refractivity contribution is 14.0. The number of piperidine rings is 1. The van der Waals surface area contributed by atoms with Crippen molar-refractivity contribution in [2.45, 2.75) is 39.7 Å². The van der Waals surface area contributed by atoms with Gasteiger partial charge in [-0.15, -0.1) is 24.0 Å². The Morgan fingerprint density at radius 1 is 1.25 bits per heavy atom. The predicted octanol–water partition coefficient (Wildman–Crippen LogP) is 2.58. The first-order valence-corrected chi connectivity index (χ1v) is 9.62. The molecule has 0 unspecified atom stereocenters. The van der Waals surface area contributed by atoms with E-state index in [1.165, 1.54) is 6.92 Å². The largest absolute Gasteiger partial charge is 0.359 e. The molecule has 156 valence electrons. The zero-order valence-electron chi connectivity index (χ0n) is 17.0. The Morgan fingerprint density at radius 2 is 1.96 bits per heavy atom. The fourth-order valence-electron chi connectivity index (χ4n) is 3.26.